The van der Waals surface area contributed by atoms with Crippen LogP contribution in [-0.4, -0.2) is 19.8 Å². The van der Waals surface area contributed by atoms with Crippen molar-refractivity contribution in [1.29, 1.82) is 0 Å². The van der Waals surface area contributed by atoms with Crippen molar-refractivity contribution in [2.24, 2.45) is 0 Å². The van der Waals surface area contributed by atoms with Crippen molar-refractivity contribution in [2.75, 3.05) is 7.11 Å². The predicted octanol–water partition coefficient (Wildman–Crippen LogP) is 8.51. The van der Waals surface area contributed by atoms with Crippen LogP contribution in [0.1, 0.15) is 11.1 Å². The molecule has 4 aromatic carbocycles. The van der Waals surface area contributed by atoms with Crippen molar-refractivity contribution >= 4 is 59.7 Å². The number of rotatable bonds is 9. The zero-order valence-corrected chi connectivity index (χ0v) is 24.3. The van der Waals surface area contributed by atoms with Gasteiger partial charge in [-0.2, -0.15) is 4.31 Å². The summed E-state index contributed by atoms with van der Waals surface area (Å²) in [7, 11) is -2.34. The van der Waals surface area contributed by atoms with Gasteiger partial charge in [-0.1, -0.05) is 99.5 Å². The van der Waals surface area contributed by atoms with Crippen LogP contribution in [0.25, 0.3) is 10.8 Å². The molecule has 0 N–H and O–H groups in total. The lowest BCUT2D eigenvalue weighted by molar-refractivity contribution is 0.401. The van der Waals surface area contributed by atoms with E-state index in [0.29, 0.717) is 16.6 Å². The Morgan fingerprint density at radius 3 is 2.37 bits per heavy atom. The molecule has 0 bridgehead atoms. The molecule has 1 heterocycles. The van der Waals surface area contributed by atoms with Crippen molar-refractivity contribution in [3.63, 3.8) is 0 Å². The maximum atomic E-state index is 14.1. The Bertz CT molecular complexity index is 1680. The van der Waals surface area contributed by atoms with Crippen molar-refractivity contribution < 1.29 is 17.9 Å². The second-order valence-corrected chi connectivity index (χ2v) is 13.0. The van der Waals surface area contributed by atoms with E-state index < -0.39 is 10.0 Å². The number of thiophene rings is 1. The average Bonchev–Trinajstić information content (AvgIpc) is 3.29. The Balaban J connectivity index is 1.51. The van der Waals surface area contributed by atoms with Gasteiger partial charge >= 0.3 is 0 Å². The first-order valence-electron chi connectivity index (χ1n) is 11.7. The molecule has 0 saturated heterocycles. The topological polar surface area (TPSA) is 55.8 Å². The number of fused-ring (bicyclic) bond motifs is 1. The maximum absolute atomic E-state index is 14.1. The molecule has 0 atom stereocenters. The van der Waals surface area contributed by atoms with E-state index in [1.54, 1.807) is 19.2 Å². The lowest BCUT2D eigenvalue weighted by Gasteiger charge is -2.22. The quantitative estimate of drug-likeness (QED) is 0.164. The molecule has 0 unspecified atom stereocenters. The van der Waals surface area contributed by atoms with Gasteiger partial charge < -0.3 is 9.47 Å². The van der Waals surface area contributed by atoms with Crippen molar-refractivity contribution in [2.45, 2.75) is 17.3 Å². The Labute approximate surface area is 239 Å². The Kier molecular flexibility index (Phi) is 8.07. The van der Waals surface area contributed by atoms with Crippen LogP contribution >= 0.6 is 38.9 Å². The van der Waals surface area contributed by atoms with Gasteiger partial charge in [-0.05, 0) is 58.3 Å². The molecule has 0 saturated carbocycles. The fourth-order valence-electron chi connectivity index (χ4n) is 4.07. The number of methoxy groups -OCH3 is 1. The molecule has 0 spiro atoms. The van der Waals surface area contributed by atoms with Crippen LogP contribution in [-0.2, 0) is 23.1 Å². The van der Waals surface area contributed by atoms with Crippen molar-refractivity contribution in [1.82, 2.24) is 4.31 Å². The monoisotopic (exact) mass is 627 g/mol. The van der Waals surface area contributed by atoms with E-state index in [0.717, 1.165) is 37.7 Å². The SMILES string of the molecule is COc1ccc(CN(Cc2cccc3ccccc23)S(=O)(=O)c2cc(Cl)c(Oc3cccc(Br)c3)s2)cc1. The van der Waals surface area contributed by atoms with E-state index in [2.05, 4.69) is 15.9 Å². The van der Waals surface area contributed by atoms with Crippen molar-refractivity contribution in [3.8, 4) is 16.6 Å². The summed E-state index contributed by atoms with van der Waals surface area (Å²) in [6.07, 6.45) is 0. The molecular weight excluding hydrogens is 606 g/mol. The summed E-state index contributed by atoms with van der Waals surface area (Å²) in [5, 5.41) is 2.62. The number of sulfonamides is 1. The molecule has 0 aliphatic heterocycles. The average molecular weight is 629 g/mol. The highest BCUT2D eigenvalue weighted by molar-refractivity contribution is 9.10. The van der Waals surface area contributed by atoms with Gasteiger partial charge in [-0.15, -0.1) is 0 Å². The molecule has 0 aliphatic rings. The van der Waals surface area contributed by atoms with Crippen LogP contribution in [0, 0.1) is 0 Å². The number of nitrogens with zero attached hydrogens (tertiary/aromatic N) is 1. The Morgan fingerprint density at radius 1 is 0.868 bits per heavy atom. The number of ether oxygens (including phenoxy) is 2. The summed E-state index contributed by atoms with van der Waals surface area (Å²) in [5.74, 6) is 1.26. The van der Waals surface area contributed by atoms with Gasteiger partial charge in [0.1, 0.15) is 15.7 Å². The summed E-state index contributed by atoms with van der Waals surface area (Å²) in [4.78, 5) is 0. The second-order valence-electron chi connectivity index (χ2n) is 8.52. The largest absolute Gasteiger partial charge is 0.497 e. The lowest BCUT2D eigenvalue weighted by atomic mass is 10.0. The van der Waals surface area contributed by atoms with Gasteiger partial charge in [0.2, 0.25) is 5.06 Å². The summed E-state index contributed by atoms with van der Waals surface area (Å²) in [6.45, 7) is 0.361. The smallest absolute Gasteiger partial charge is 0.253 e. The summed E-state index contributed by atoms with van der Waals surface area (Å²) < 4.78 is 41.7. The third-order valence-electron chi connectivity index (χ3n) is 5.98. The van der Waals surface area contributed by atoms with Gasteiger partial charge in [-0.25, -0.2) is 8.42 Å². The summed E-state index contributed by atoms with van der Waals surface area (Å²) in [5.41, 5.74) is 1.75. The highest BCUT2D eigenvalue weighted by Gasteiger charge is 2.29. The molecule has 194 valence electrons. The van der Waals surface area contributed by atoms with Crippen molar-refractivity contribution in [3.05, 3.63) is 118 Å². The minimum Gasteiger partial charge on any atom is -0.497 e. The van der Waals surface area contributed by atoms with Crippen LogP contribution in [0.5, 0.6) is 16.6 Å². The van der Waals surface area contributed by atoms with Gasteiger partial charge in [0, 0.05) is 17.6 Å². The molecule has 0 fully saturated rings. The fourth-order valence-corrected chi connectivity index (χ4v) is 7.61. The molecule has 0 amide bonds. The van der Waals surface area contributed by atoms with E-state index in [4.69, 9.17) is 21.1 Å². The first-order valence-corrected chi connectivity index (χ1v) is 15.1. The predicted molar refractivity (Wildman–Crippen MR) is 157 cm³/mol. The molecule has 5 rings (SSSR count). The van der Waals surface area contributed by atoms with Crippen LogP contribution in [0.4, 0.5) is 0 Å². The van der Waals surface area contributed by atoms with E-state index in [9.17, 15) is 8.42 Å². The summed E-state index contributed by atoms with van der Waals surface area (Å²) in [6, 6.07) is 30.0. The zero-order chi connectivity index (χ0) is 26.7. The second kappa shape index (κ2) is 11.5. The molecule has 1 aromatic heterocycles. The van der Waals surface area contributed by atoms with Crippen LogP contribution in [0.2, 0.25) is 5.02 Å². The number of halogens is 2. The van der Waals surface area contributed by atoms with E-state index in [1.165, 1.54) is 10.4 Å². The van der Waals surface area contributed by atoms with E-state index in [-0.39, 0.29) is 22.3 Å². The third kappa shape index (κ3) is 5.90. The fraction of sp³-hybridized carbons (Fsp3) is 0.103. The number of hydrogen-bond acceptors (Lipinski definition) is 5. The Hall–Kier alpha value is -2.88. The molecule has 38 heavy (non-hydrogen) atoms. The van der Waals surface area contributed by atoms with Crippen LogP contribution < -0.4 is 9.47 Å². The number of hydrogen-bond donors (Lipinski definition) is 0. The molecule has 5 nitrogen and oxygen atoms in total. The standard InChI is InChI=1S/C29H23BrClNO4S2/c1-35-24-14-12-20(13-15-24)18-32(19-22-8-4-7-21-6-2-3-11-26(21)22)38(33,34)28-17-27(31)29(37-28)36-25-10-5-9-23(30)16-25/h2-17H,18-19H2,1H3. The van der Waals surface area contributed by atoms with Gasteiger partial charge in [0.05, 0.1) is 12.1 Å². The summed E-state index contributed by atoms with van der Waals surface area (Å²) >= 11 is 10.9. The molecule has 5 aromatic rings. The first-order chi connectivity index (χ1) is 18.3. The van der Waals surface area contributed by atoms with E-state index in [1.807, 2.05) is 78.9 Å². The minimum absolute atomic E-state index is 0.112. The number of benzene rings is 4. The maximum Gasteiger partial charge on any atom is 0.253 e. The van der Waals surface area contributed by atoms with Gasteiger partial charge in [0.15, 0.2) is 0 Å². The van der Waals surface area contributed by atoms with Gasteiger partial charge in [0.25, 0.3) is 10.0 Å². The molecule has 0 radical (unpaired) electrons. The molecule has 0 aliphatic carbocycles. The highest BCUT2D eigenvalue weighted by atomic mass is 79.9. The van der Waals surface area contributed by atoms with Crippen LogP contribution in [0.3, 0.4) is 0 Å². The molecular formula is C29H23BrClNO4S2. The lowest BCUT2D eigenvalue weighted by Crippen LogP contribution is -2.29. The van der Waals surface area contributed by atoms with Gasteiger partial charge in [-0.3, -0.25) is 0 Å². The zero-order valence-electron chi connectivity index (χ0n) is 20.3. The first kappa shape index (κ1) is 26.7. The molecule has 9 heteroatoms. The normalized spacial score (nSPS) is 11.7. The minimum atomic E-state index is -3.94. The third-order valence-corrected chi connectivity index (χ3v) is 10.1. The Morgan fingerprint density at radius 2 is 1.61 bits per heavy atom. The highest BCUT2D eigenvalue weighted by Crippen LogP contribution is 2.41. The van der Waals surface area contributed by atoms with Crippen LogP contribution in [0.15, 0.2) is 106 Å². The van der Waals surface area contributed by atoms with E-state index >= 15 is 0 Å².